The fraction of sp³-hybridized carbons (Fsp3) is 0.467. The minimum atomic E-state index is -3.68. The van der Waals surface area contributed by atoms with Crippen LogP contribution in [0.5, 0.6) is 0 Å². The highest BCUT2D eigenvalue weighted by Gasteiger charge is 2.24. The predicted octanol–water partition coefficient (Wildman–Crippen LogP) is 1.31. The van der Waals surface area contributed by atoms with Crippen molar-refractivity contribution in [2.75, 3.05) is 7.05 Å². The van der Waals surface area contributed by atoms with Gasteiger partial charge in [0.25, 0.3) is 5.91 Å². The van der Waals surface area contributed by atoms with E-state index < -0.39 is 27.9 Å². The number of nitrogens with zero attached hydrogens (tertiary/aromatic N) is 1. The summed E-state index contributed by atoms with van der Waals surface area (Å²) in [6.45, 7) is 5.07. The molecular weight excluding hydrogens is 320 g/mol. The Morgan fingerprint density at radius 1 is 1.26 bits per heavy atom. The van der Waals surface area contributed by atoms with Crippen LogP contribution in [-0.2, 0) is 14.8 Å². The first kappa shape index (κ1) is 19.1. The van der Waals surface area contributed by atoms with Gasteiger partial charge >= 0.3 is 5.97 Å². The fourth-order valence-corrected chi connectivity index (χ4v) is 3.28. The van der Waals surface area contributed by atoms with Crippen LogP contribution in [0.4, 0.5) is 0 Å². The highest BCUT2D eigenvalue weighted by atomic mass is 32.2. The Kier molecular flexibility index (Phi) is 6.28. The molecule has 128 valence electrons. The first-order valence-corrected chi connectivity index (χ1v) is 8.60. The van der Waals surface area contributed by atoms with Crippen molar-refractivity contribution in [2.45, 2.75) is 44.2 Å². The van der Waals surface area contributed by atoms with Crippen molar-refractivity contribution in [2.24, 2.45) is 0 Å². The van der Waals surface area contributed by atoms with Crippen LogP contribution in [0, 0.1) is 0 Å². The van der Waals surface area contributed by atoms with E-state index >= 15 is 0 Å². The number of nitrogens with one attached hydrogen (secondary N) is 1. The average molecular weight is 342 g/mol. The highest BCUT2D eigenvalue weighted by molar-refractivity contribution is 7.89. The van der Waals surface area contributed by atoms with Crippen LogP contribution in [0.1, 0.15) is 37.6 Å². The van der Waals surface area contributed by atoms with Crippen molar-refractivity contribution in [3.63, 3.8) is 0 Å². The number of carboxylic acid groups (broad SMARTS) is 1. The van der Waals surface area contributed by atoms with E-state index in [-0.39, 0.29) is 22.9 Å². The lowest BCUT2D eigenvalue weighted by Crippen LogP contribution is -2.35. The lowest BCUT2D eigenvalue weighted by molar-refractivity contribution is -0.137. The van der Waals surface area contributed by atoms with Crippen LogP contribution in [0.15, 0.2) is 29.2 Å². The molecule has 0 aromatic heterocycles. The van der Waals surface area contributed by atoms with E-state index in [9.17, 15) is 18.0 Å². The molecule has 1 aromatic rings. The van der Waals surface area contributed by atoms with Crippen LogP contribution < -0.4 is 5.32 Å². The molecule has 1 rings (SSSR count). The Balaban J connectivity index is 3.01. The van der Waals surface area contributed by atoms with Gasteiger partial charge in [-0.15, -0.1) is 0 Å². The average Bonchev–Trinajstić information content (AvgIpc) is 2.45. The maximum atomic E-state index is 12.4. The summed E-state index contributed by atoms with van der Waals surface area (Å²) in [7, 11) is -2.21. The quantitative estimate of drug-likeness (QED) is 0.777. The number of carbonyl (C=O) groups is 2. The van der Waals surface area contributed by atoms with Gasteiger partial charge in [0.1, 0.15) is 0 Å². The summed E-state index contributed by atoms with van der Waals surface area (Å²) < 4.78 is 26.1. The summed E-state index contributed by atoms with van der Waals surface area (Å²) in [6, 6.07) is 4.91. The summed E-state index contributed by atoms with van der Waals surface area (Å²) in [5.41, 5.74) is 0.167. The zero-order valence-corrected chi connectivity index (χ0v) is 14.4. The van der Waals surface area contributed by atoms with Crippen molar-refractivity contribution in [1.29, 1.82) is 0 Å². The van der Waals surface area contributed by atoms with E-state index in [1.807, 2.05) is 0 Å². The van der Waals surface area contributed by atoms with Gasteiger partial charge in [0.2, 0.25) is 10.0 Å². The SMILES string of the molecule is CC(CC(=O)O)NC(=O)c1cccc(S(=O)(=O)N(C)C(C)C)c1. The lowest BCUT2D eigenvalue weighted by Gasteiger charge is -2.21. The summed E-state index contributed by atoms with van der Waals surface area (Å²) in [5, 5.41) is 11.2. The zero-order chi connectivity index (χ0) is 17.8. The van der Waals surface area contributed by atoms with Gasteiger partial charge < -0.3 is 10.4 Å². The van der Waals surface area contributed by atoms with Gasteiger partial charge in [0.05, 0.1) is 11.3 Å². The molecule has 0 spiro atoms. The van der Waals surface area contributed by atoms with E-state index in [2.05, 4.69) is 5.32 Å². The van der Waals surface area contributed by atoms with Crippen LogP contribution in [0.3, 0.4) is 0 Å². The van der Waals surface area contributed by atoms with Gasteiger partial charge in [0, 0.05) is 24.7 Å². The Hall–Kier alpha value is -1.93. The second-order valence-corrected chi connectivity index (χ2v) is 7.61. The van der Waals surface area contributed by atoms with Gasteiger partial charge in [-0.05, 0) is 39.0 Å². The van der Waals surface area contributed by atoms with Gasteiger partial charge in [0.15, 0.2) is 0 Å². The molecule has 2 N–H and O–H groups in total. The fourth-order valence-electron chi connectivity index (χ4n) is 1.86. The number of aliphatic carboxylic acids is 1. The minimum Gasteiger partial charge on any atom is -0.481 e. The first-order valence-electron chi connectivity index (χ1n) is 7.16. The molecule has 0 aliphatic rings. The van der Waals surface area contributed by atoms with E-state index in [0.717, 1.165) is 0 Å². The van der Waals surface area contributed by atoms with Crippen molar-refractivity contribution < 1.29 is 23.1 Å². The van der Waals surface area contributed by atoms with Crippen LogP contribution >= 0.6 is 0 Å². The summed E-state index contributed by atoms with van der Waals surface area (Å²) in [5.74, 6) is -1.53. The zero-order valence-electron chi connectivity index (χ0n) is 13.6. The molecule has 0 aliphatic heterocycles. The molecule has 1 atom stereocenters. The number of benzene rings is 1. The molecule has 8 heteroatoms. The number of rotatable bonds is 7. The van der Waals surface area contributed by atoms with E-state index in [1.165, 1.54) is 35.6 Å². The number of amides is 1. The van der Waals surface area contributed by atoms with Gasteiger partial charge in [-0.25, -0.2) is 8.42 Å². The van der Waals surface area contributed by atoms with E-state index in [1.54, 1.807) is 20.8 Å². The van der Waals surface area contributed by atoms with E-state index in [0.29, 0.717) is 0 Å². The maximum Gasteiger partial charge on any atom is 0.305 e. The second kappa shape index (κ2) is 7.56. The Bertz CT molecular complexity index is 685. The Morgan fingerprint density at radius 3 is 2.39 bits per heavy atom. The molecule has 1 amide bonds. The third-order valence-corrected chi connectivity index (χ3v) is 5.39. The largest absolute Gasteiger partial charge is 0.481 e. The Labute approximate surface area is 136 Å². The third kappa shape index (κ3) is 5.04. The molecule has 0 aliphatic carbocycles. The normalized spacial score (nSPS) is 13.1. The first-order chi connectivity index (χ1) is 10.6. The summed E-state index contributed by atoms with van der Waals surface area (Å²) in [6.07, 6.45) is -0.209. The molecule has 0 saturated carbocycles. The topological polar surface area (TPSA) is 104 Å². The summed E-state index contributed by atoms with van der Waals surface area (Å²) in [4.78, 5) is 22.7. The molecule has 7 nitrogen and oxygen atoms in total. The van der Waals surface area contributed by atoms with Gasteiger partial charge in [-0.3, -0.25) is 9.59 Å². The van der Waals surface area contributed by atoms with Crippen LogP contribution in [0.2, 0.25) is 0 Å². The van der Waals surface area contributed by atoms with Crippen molar-refractivity contribution >= 4 is 21.9 Å². The molecule has 1 unspecified atom stereocenters. The highest BCUT2D eigenvalue weighted by Crippen LogP contribution is 2.18. The minimum absolute atomic E-state index is 0.0206. The molecule has 0 radical (unpaired) electrons. The predicted molar refractivity (Wildman–Crippen MR) is 85.7 cm³/mol. The monoisotopic (exact) mass is 342 g/mol. The van der Waals surface area contributed by atoms with Crippen LogP contribution in [-0.4, -0.2) is 48.8 Å². The van der Waals surface area contributed by atoms with Crippen molar-refractivity contribution in [3.8, 4) is 0 Å². The van der Waals surface area contributed by atoms with Gasteiger partial charge in [-0.1, -0.05) is 6.07 Å². The number of sulfonamides is 1. The Morgan fingerprint density at radius 2 is 1.87 bits per heavy atom. The number of hydrogen-bond acceptors (Lipinski definition) is 4. The summed E-state index contributed by atoms with van der Waals surface area (Å²) >= 11 is 0. The molecule has 0 heterocycles. The van der Waals surface area contributed by atoms with Crippen molar-refractivity contribution in [1.82, 2.24) is 9.62 Å². The number of hydrogen-bond donors (Lipinski definition) is 2. The van der Waals surface area contributed by atoms with Crippen LogP contribution in [0.25, 0.3) is 0 Å². The maximum absolute atomic E-state index is 12.4. The molecular formula is C15H22N2O5S. The van der Waals surface area contributed by atoms with E-state index in [4.69, 9.17) is 5.11 Å². The van der Waals surface area contributed by atoms with Gasteiger partial charge in [-0.2, -0.15) is 4.31 Å². The second-order valence-electron chi connectivity index (χ2n) is 5.62. The van der Waals surface area contributed by atoms with Crippen molar-refractivity contribution in [3.05, 3.63) is 29.8 Å². The molecule has 0 saturated heterocycles. The third-order valence-electron chi connectivity index (χ3n) is 3.36. The molecule has 0 bridgehead atoms. The smallest absolute Gasteiger partial charge is 0.305 e. The standard InChI is InChI=1S/C15H22N2O5S/c1-10(2)17(4)23(21,22)13-7-5-6-12(9-13)15(20)16-11(3)8-14(18)19/h5-7,9-11H,8H2,1-4H3,(H,16,20)(H,18,19). The number of carbonyl (C=O) groups excluding carboxylic acids is 1. The molecule has 23 heavy (non-hydrogen) atoms. The molecule has 1 aromatic carbocycles. The molecule has 0 fully saturated rings. The lowest BCUT2D eigenvalue weighted by atomic mass is 10.2. The number of carboxylic acids is 1.